The molecule has 2 N–H and O–H groups in total. The third-order valence-corrected chi connectivity index (χ3v) is 3.01. The van der Waals surface area contributed by atoms with Gasteiger partial charge >= 0.3 is 5.97 Å². The topological polar surface area (TPSA) is 69.4 Å². The maximum absolute atomic E-state index is 11.3. The molecule has 1 saturated carbocycles. The summed E-state index contributed by atoms with van der Waals surface area (Å²) in [7, 11) is 0. The van der Waals surface area contributed by atoms with Crippen molar-refractivity contribution in [2.24, 2.45) is 17.6 Å². The van der Waals surface area contributed by atoms with E-state index in [4.69, 9.17) is 10.5 Å². The van der Waals surface area contributed by atoms with E-state index < -0.39 is 17.8 Å². The van der Waals surface area contributed by atoms with Gasteiger partial charge in [-0.05, 0) is 19.3 Å². The van der Waals surface area contributed by atoms with Crippen LogP contribution in [0.25, 0.3) is 0 Å². The molecule has 2 rings (SSSR count). The number of carbonyl (C=O) groups is 2. The summed E-state index contributed by atoms with van der Waals surface area (Å²) in [5.41, 5.74) is 5.16. The first-order valence-electron chi connectivity index (χ1n) is 4.70. The summed E-state index contributed by atoms with van der Waals surface area (Å²) in [4.78, 5) is 22.2. The van der Waals surface area contributed by atoms with Crippen molar-refractivity contribution < 1.29 is 14.3 Å². The van der Waals surface area contributed by atoms with Crippen molar-refractivity contribution in [3.05, 3.63) is 0 Å². The summed E-state index contributed by atoms with van der Waals surface area (Å²) in [5.74, 6) is -1.56. The van der Waals surface area contributed by atoms with E-state index in [2.05, 4.69) is 0 Å². The first-order chi connectivity index (χ1) is 6.20. The van der Waals surface area contributed by atoms with Crippen LogP contribution in [0.1, 0.15) is 25.7 Å². The van der Waals surface area contributed by atoms with E-state index in [0.717, 1.165) is 25.7 Å². The number of ether oxygens (including phenoxy) is 1. The molecule has 2 aliphatic rings. The van der Waals surface area contributed by atoms with Crippen LogP contribution in [0.3, 0.4) is 0 Å². The minimum atomic E-state index is -0.676. The van der Waals surface area contributed by atoms with Crippen LogP contribution in [0, 0.1) is 11.8 Å². The zero-order valence-corrected chi connectivity index (χ0v) is 7.36. The minimum absolute atomic E-state index is 0.0428. The van der Waals surface area contributed by atoms with Gasteiger partial charge in [-0.1, -0.05) is 6.42 Å². The Morgan fingerprint density at radius 2 is 2.08 bits per heavy atom. The lowest BCUT2D eigenvalue weighted by molar-refractivity contribution is -0.146. The average Bonchev–Trinajstić information content (AvgIpc) is 2.39. The molecular weight excluding hydrogens is 170 g/mol. The second-order valence-corrected chi connectivity index (χ2v) is 3.80. The Kier molecular flexibility index (Phi) is 1.98. The molecule has 0 bridgehead atoms. The zero-order valence-electron chi connectivity index (χ0n) is 7.36. The highest BCUT2D eigenvalue weighted by molar-refractivity contribution is 5.98. The molecule has 0 spiro atoms. The molecule has 0 aromatic rings. The largest absolute Gasteiger partial charge is 0.461 e. The van der Waals surface area contributed by atoms with Crippen molar-refractivity contribution in [3.63, 3.8) is 0 Å². The third kappa shape index (κ3) is 1.30. The Morgan fingerprint density at radius 3 is 2.77 bits per heavy atom. The van der Waals surface area contributed by atoms with Crippen LogP contribution < -0.4 is 5.73 Å². The fraction of sp³-hybridized carbons (Fsp3) is 0.778. The van der Waals surface area contributed by atoms with Crippen LogP contribution in [0.4, 0.5) is 0 Å². The second kappa shape index (κ2) is 3.01. The predicted molar refractivity (Wildman–Crippen MR) is 44.5 cm³/mol. The molecule has 2 fully saturated rings. The van der Waals surface area contributed by atoms with Gasteiger partial charge in [0, 0.05) is 5.92 Å². The number of fused-ring (bicyclic) bond motifs is 1. The molecule has 4 nitrogen and oxygen atoms in total. The Morgan fingerprint density at radius 1 is 1.38 bits per heavy atom. The Hall–Kier alpha value is -1.06. The van der Waals surface area contributed by atoms with Gasteiger partial charge in [0.2, 0.25) is 5.91 Å². The molecule has 1 heterocycles. The molecule has 72 valence electrons. The number of primary amides is 1. The summed E-state index contributed by atoms with van der Waals surface area (Å²) >= 11 is 0. The number of amides is 1. The molecule has 0 aromatic carbocycles. The quantitative estimate of drug-likeness (QED) is 0.466. The Bertz CT molecular complexity index is 251. The molecule has 3 atom stereocenters. The molecule has 0 unspecified atom stereocenters. The fourth-order valence-corrected chi connectivity index (χ4v) is 2.38. The van der Waals surface area contributed by atoms with Crippen LogP contribution in [-0.2, 0) is 14.3 Å². The molecule has 1 aliphatic carbocycles. The first-order valence-corrected chi connectivity index (χ1v) is 4.70. The lowest BCUT2D eigenvalue weighted by Gasteiger charge is -2.23. The zero-order chi connectivity index (χ0) is 9.42. The van der Waals surface area contributed by atoms with Crippen molar-refractivity contribution in [3.8, 4) is 0 Å². The maximum atomic E-state index is 11.3. The third-order valence-electron chi connectivity index (χ3n) is 3.01. The lowest BCUT2D eigenvalue weighted by Crippen LogP contribution is -2.34. The van der Waals surface area contributed by atoms with Gasteiger partial charge in [0.1, 0.15) is 12.0 Å². The van der Waals surface area contributed by atoms with Crippen LogP contribution in [0.15, 0.2) is 0 Å². The van der Waals surface area contributed by atoms with E-state index in [1.807, 2.05) is 0 Å². The lowest BCUT2D eigenvalue weighted by atomic mass is 9.80. The van der Waals surface area contributed by atoms with Crippen molar-refractivity contribution in [1.82, 2.24) is 0 Å². The Balaban J connectivity index is 2.18. The van der Waals surface area contributed by atoms with Crippen LogP contribution in [0.2, 0.25) is 0 Å². The van der Waals surface area contributed by atoms with Crippen molar-refractivity contribution >= 4 is 11.9 Å². The monoisotopic (exact) mass is 183 g/mol. The van der Waals surface area contributed by atoms with Crippen LogP contribution in [-0.4, -0.2) is 18.0 Å². The average molecular weight is 183 g/mol. The standard InChI is InChI=1S/C9H13NO3/c10-8(11)7-5-3-1-2-4-6(5)13-9(7)12/h5-7H,1-4H2,(H2,10,11)/t5-,6+,7+/m0/s1. The van der Waals surface area contributed by atoms with Crippen molar-refractivity contribution in [1.29, 1.82) is 0 Å². The van der Waals surface area contributed by atoms with E-state index >= 15 is 0 Å². The fourth-order valence-electron chi connectivity index (χ4n) is 2.38. The van der Waals surface area contributed by atoms with Crippen molar-refractivity contribution in [2.75, 3.05) is 0 Å². The highest BCUT2D eigenvalue weighted by Gasteiger charge is 2.48. The number of esters is 1. The van der Waals surface area contributed by atoms with E-state index in [-0.39, 0.29) is 12.0 Å². The summed E-state index contributed by atoms with van der Waals surface area (Å²) in [6.07, 6.45) is 3.89. The van der Waals surface area contributed by atoms with Gasteiger partial charge in [0.05, 0.1) is 0 Å². The number of rotatable bonds is 1. The normalized spacial score (nSPS) is 38.2. The highest BCUT2D eigenvalue weighted by Crippen LogP contribution is 2.38. The van der Waals surface area contributed by atoms with Gasteiger partial charge in [-0.3, -0.25) is 9.59 Å². The van der Waals surface area contributed by atoms with E-state index in [9.17, 15) is 9.59 Å². The number of hydrogen-bond donors (Lipinski definition) is 1. The van der Waals surface area contributed by atoms with Gasteiger partial charge in [-0.2, -0.15) is 0 Å². The van der Waals surface area contributed by atoms with Crippen LogP contribution in [0.5, 0.6) is 0 Å². The van der Waals surface area contributed by atoms with E-state index in [1.165, 1.54) is 0 Å². The Labute approximate surface area is 76.4 Å². The maximum Gasteiger partial charge on any atom is 0.319 e. The molecule has 1 saturated heterocycles. The highest BCUT2D eigenvalue weighted by atomic mass is 16.6. The summed E-state index contributed by atoms with van der Waals surface area (Å²) in [6, 6.07) is 0. The molecule has 0 aromatic heterocycles. The number of carbonyl (C=O) groups excluding carboxylic acids is 2. The summed E-state index contributed by atoms with van der Waals surface area (Å²) in [6.45, 7) is 0. The summed E-state index contributed by atoms with van der Waals surface area (Å²) in [5, 5.41) is 0. The van der Waals surface area contributed by atoms with Crippen molar-refractivity contribution in [2.45, 2.75) is 31.8 Å². The SMILES string of the molecule is NC(=O)[C@@H]1C(=O)O[C@@H]2CCCC[C@H]12. The van der Waals surface area contributed by atoms with Gasteiger partial charge in [0.15, 0.2) is 0 Å². The van der Waals surface area contributed by atoms with E-state index in [1.54, 1.807) is 0 Å². The first kappa shape index (κ1) is 8.53. The molecule has 4 heteroatoms. The molecular formula is C9H13NO3. The second-order valence-electron chi connectivity index (χ2n) is 3.80. The van der Waals surface area contributed by atoms with Gasteiger partial charge in [-0.25, -0.2) is 0 Å². The van der Waals surface area contributed by atoms with Gasteiger partial charge in [-0.15, -0.1) is 0 Å². The molecule has 0 radical (unpaired) electrons. The predicted octanol–water partition coefficient (Wildman–Crippen LogP) is 0.203. The summed E-state index contributed by atoms with van der Waals surface area (Å²) < 4.78 is 5.10. The molecule has 13 heavy (non-hydrogen) atoms. The van der Waals surface area contributed by atoms with Gasteiger partial charge in [0.25, 0.3) is 0 Å². The van der Waals surface area contributed by atoms with E-state index in [0.29, 0.717) is 0 Å². The van der Waals surface area contributed by atoms with Gasteiger partial charge < -0.3 is 10.5 Å². The molecule has 1 amide bonds. The number of hydrogen-bond acceptors (Lipinski definition) is 3. The minimum Gasteiger partial charge on any atom is -0.461 e. The van der Waals surface area contributed by atoms with Crippen LogP contribution >= 0.6 is 0 Å². The smallest absolute Gasteiger partial charge is 0.319 e. The molecule has 1 aliphatic heterocycles. The number of nitrogens with two attached hydrogens (primary N) is 1.